The SMILES string of the molecule is CCCn1cc(I)c([N+](=O)[O-])n1. The molecule has 5 nitrogen and oxygen atoms in total. The third kappa shape index (κ3) is 1.93. The molecule has 0 aliphatic heterocycles. The Morgan fingerprint density at radius 3 is 2.92 bits per heavy atom. The standard InChI is InChI=1S/C6H8IN3O2/c1-2-3-9-4-5(7)6(8-9)10(11)12/h4H,2-3H2,1H3. The van der Waals surface area contributed by atoms with Crippen molar-refractivity contribution in [2.75, 3.05) is 0 Å². The zero-order valence-electron chi connectivity index (χ0n) is 6.53. The van der Waals surface area contributed by atoms with Crippen molar-refractivity contribution in [2.45, 2.75) is 19.9 Å². The second-order valence-electron chi connectivity index (χ2n) is 2.32. The molecule has 0 bridgehead atoms. The van der Waals surface area contributed by atoms with E-state index >= 15 is 0 Å². The molecule has 1 aromatic rings. The molecule has 0 spiro atoms. The molecule has 0 amide bonds. The average molecular weight is 281 g/mol. The van der Waals surface area contributed by atoms with Crippen LogP contribution < -0.4 is 0 Å². The van der Waals surface area contributed by atoms with Crippen LogP contribution >= 0.6 is 22.6 Å². The molecule has 1 heterocycles. The van der Waals surface area contributed by atoms with E-state index in [4.69, 9.17) is 0 Å². The molecule has 0 aliphatic carbocycles. The Morgan fingerprint density at radius 2 is 2.50 bits per heavy atom. The van der Waals surface area contributed by atoms with Crippen molar-refractivity contribution >= 4 is 28.4 Å². The van der Waals surface area contributed by atoms with Gasteiger partial charge in [0, 0.05) is 0 Å². The summed E-state index contributed by atoms with van der Waals surface area (Å²) in [4.78, 5) is 9.90. The molecule has 1 aromatic heterocycles. The van der Waals surface area contributed by atoms with Gasteiger partial charge in [0.05, 0.1) is 17.8 Å². The normalized spacial score (nSPS) is 10.2. The lowest BCUT2D eigenvalue weighted by molar-refractivity contribution is -0.390. The third-order valence-corrected chi connectivity index (χ3v) is 2.09. The summed E-state index contributed by atoms with van der Waals surface area (Å²) in [6.45, 7) is 2.73. The van der Waals surface area contributed by atoms with Gasteiger partial charge in [0.2, 0.25) is 0 Å². The van der Waals surface area contributed by atoms with E-state index in [1.165, 1.54) is 0 Å². The Morgan fingerprint density at radius 1 is 1.83 bits per heavy atom. The van der Waals surface area contributed by atoms with Gasteiger partial charge in [-0.25, -0.2) is 0 Å². The molecule has 0 aliphatic rings. The van der Waals surface area contributed by atoms with Crippen molar-refractivity contribution < 1.29 is 4.92 Å². The van der Waals surface area contributed by atoms with E-state index in [1.54, 1.807) is 10.9 Å². The fourth-order valence-electron chi connectivity index (χ4n) is 0.854. The molecule has 0 fully saturated rings. The zero-order chi connectivity index (χ0) is 9.14. The van der Waals surface area contributed by atoms with Crippen molar-refractivity contribution in [1.82, 2.24) is 9.78 Å². The highest BCUT2D eigenvalue weighted by Crippen LogP contribution is 2.17. The van der Waals surface area contributed by atoms with E-state index in [9.17, 15) is 10.1 Å². The van der Waals surface area contributed by atoms with Crippen molar-refractivity contribution in [3.05, 3.63) is 19.9 Å². The van der Waals surface area contributed by atoms with Crippen molar-refractivity contribution in [1.29, 1.82) is 0 Å². The van der Waals surface area contributed by atoms with Gasteiger partial charge < -0.3 is 10.1 Å². The Kier molecular flexibility index (Phi) is 3.01. The highest BCUT2D eigenvalue weighted by molar-refractivity contribution is 14.1. The van der Waals surface area contributed by atoms with Gasteiger partial charge in [-0.2, -0.15) is 4.68 Å². The van der Waals surface area contributed by atoms with Gasteiger partial charge in [0.25, 0.3) is 0 Å². The highest BCUT2D eigenvalue weighted by Gasteiger charge is 2.17. The van der Waals surface area contributed by atoms with Crippen LogP contribution in [0.1, 0.15) is 13.3 Å². The summed E-state index contributed by atoms with van der Waals surface area (Å²) in [5.41, 5.74) is 0. The molecule has 0 N–H and O–H groups in total. The number of halogens is 1. The van der Waals surface area contributed by atoms with Crippen molar-refractivity contribution in [3.8, 4) is 0 Å². The lowest BCUT2D eigenvalue weighted by atomic mass is 10.5. The van der Waals surface area contributed by atoms with Crippen LogP contribution in [-0.2, 0) is 6.54 Å². The summed E-state index contributed by atoms with van der Waals surface area (Å²) in [5, 5.41) is 14.2. The van der Waals surface area contributed by atoms with Crippen molar-refractivity contribution in [3.63, 3.8) is 0 Å². The summed E-state index contributed by atoms with van der Waals surface area (Å²) in [6, 6.07) is 0. The van der Waals surface area contributed by atoms with Gasteiger partial charge in [-0.05, 0) is 33.9 Å². The predicted molar refractivity (Wildman–Crippen MR) is 51.9 cm³/mol. The smallest absolute Gasteiger partial charge is 0.358 e. The minimum Gasteiger partial charge on any atom is -0.358 e. The fraction of sp³-hybridized carbons (Fsp3) is 0.500. The van der Waals surface area contributed by atoms with Gasteiger partial charge in [-0.3, -0.25) is 0 Å². The second kappa shape index (κ2) is 3.83. The summed E-state index contributed by atoms with van der Waals surface area (Å²) < 4.78 is 2.19. The molecule has 0 saturated heterocycles. The highest BCUT2D eigenvalue weighted by atomic mass is 127. The van der Waals surface area contributed by atoms with E-state index in [-0.39, 0.29) is 5.82 Å². The van der Waals surface area contributed by atoms with Gasteiger partial charge in [0.15, 0.2) is 0 Å². The van der Waals surface area contributed by atoms with Gasteiger partial charge >= 0.3 is 5.82 Å². The second-order valence-corrected chi connectivity index (χ2v) is 3.48. The number of aromatic nitrogens is 2. The molecule has 0 atom stereocenters. The lowest BCUT2D eigenvalue weighted by Crippen LogP contribution is -1.98. The van der Waals surface area contributed by atoms with Crippen LogP contribution in [0.5, 0.6) is 0 Å². The molecule has 0 saturated carbocycles. The van der Waals surface area contributed by atoms with Crippen LogP contribution in [0.2, 0.25) is 0 Å². The Balaban J connectivity index is 2.92. The number of hydrogen-bond acceptors (Lipinski definition) is 3. The first kappa shape index (κ1) is 9.43. The van der Waals surface area contributed by atoms with E-state index in [0.717, 1.165) is 13.0 Å². The third-order valence-electron chi connectivity index (χ3n) is 1.32. The topological polar surface area (TPSA) is 61.0 Å². The predicted octanol–water partition coefficient (Wildman–Crippen LogP) is 1.81. The molecule has 66 valence electrons. The van der Waals surface area contributed by atoms with Crippen LogP contribution in [-0.4, -0.2) is 14.7 Å². The monoisotopic (exact) mass is 281 g/mol. The minimum atomic E-state index is -0.464. The molecular weight excluding hydrogens is 273 g/mol. The zero-order valence-corrected chi connectivity index (χ0v) is 8.69. The number of nitro groups is 1. The lowest BCUT2D eigenvalue weighted by Gasteiger charge is -1.88. The van der Waals surface area contributed by atoms with Crippen LogP contribution in [0, 0.1) is 13.7 Å². The average Bonchev–Trinajstić information content (AvgIpc) is 2.32. The molecular formula is C6H8IN3O2. The Hall–Kier alpha value is -0.660. The van der Waals surface area contributed by atoms with E-state index in [2.05, 4.69) is 5.10 Å². The maximum atomic E-state index is 10.4. The molecule has 12 heavy (non-hydrogen) atoms. The number of aryl methyl sites for hydroxylation is 1. The first-order valence-corrected chi connectivity index (χ1v) is 4.60. The molecule has 0 aromatic carbocycles. The molecule has 0 unspecified atom stereocenters. The first-order chi connectivity index (χ1) is 5.65. The van der Waals surface area contributed by atoms with Gasteiger partial charge in [-0.15, -0.1) is 0 Å². The number of nitrogens with zero attached hydrogens (tertiary/aromatic N) is 3. The summed E-state index contributed by atoms with van der Waals surface area (Å²) in [5.74, 6) is -0.0518. The maximum Gasteiger partial charge on any atom is 0.403 e. The Labute approximate surface area is 83.0 Å². The molecule has 6 heteroatoms. The molecule has 1 rings (SSSR count). The number of rotatable bonds is 3. The summed E-state index contributed by atoms with van der Waals surface area (Å²) >= 11 is 1.91. The first-order valence-electron chi connectivity index (χ1n) is 3.52. The quantitative estimate of drug-likeness (QED) is 0.482. The number of hydrogen-bond donors (Lipinski definition) is 0. The van der Waals surface area contributed by atoms with Crippen LogP contribution in [0.15, 0.2) is 6.20 Å². The van der Waals surface area contributed by atoms with E-state index < -0.39 is 4.92 Å². The maximum absolute atomic E-state index is 10.4. The van der Waals surface area contributed by atoms with E-state index in [1.807, 2.05) is 29.5 Å². The van der Waals surface area contributed by atoms with Crippen LogP contribution in [0.3, 0.4) is 0 Å². The summed E-state index contributed by atoms with van der Waals surface area (Å²) in [6.07, 6.45) is 2.61. The van der Waals surface area contributed by atoms with Crippen LogP contribution in [0.25, 0.3) is 0 Å². The van der Waals surface area contributed by atoms with Gasteiger partial charge in [0.1, 0.15) is 3.57 Å². The Bertz CT molecular complexity index is 297. The largest absolute Gasteiger partial charge is 0.403 e. The van der Waals surface area contributed by atoms with Gasteiger partial charge in [-0.1, -0.05) is 6.92 Å². The van der Waals surface area contributed by atoms with Crippen LogP contribution in [0.4, 0.5) is 5.82 Å². The summed E-state index contributed by atoms with van der Waals surface area (Å²) in [7, 11) is 0. The fourth-order valence-corrected chi connectivity index (χ4v) is 1.48. The minimum absolute atomic E-state index is 0.0518. The van der Waals surface area contributed by atoms with Crippen molar-refractivity contribution in [2.24, 2.45) is 0 Å². The van der Waals surface area contributed by atoms with E-state index in [0.29, 0.717) is 3.57 Å². The molecule has 0 radical (unpaired) electrons.